The lowest BCUT2D eigenvalue weighted by molar-refractivity contribution is -0.142. The number of piperazine rings is 1. The van der Waals surface area contributed by atoms with Crippen LogP contribution in [0.1, 0.15) is 27.2 Å². The molecule has 1 fully saturated rings. The zero-order valence-electron chi connectivity index (χ0n) is 11.5. The van der Waals surface area contributed by atoms with Gasteiger partial charge in [-0.15, -0.1) is 0 Å². The van der Waals surface area contributed by atoms with Crippen LogP contribution in [-0.2, 0) is 14.3 Å². The summed E-state index contributed by atoms with van der Waals surface area (Å²) in [7, 11) is 1.34. The Hall–Kier alpha value is -1.30. The summed E-state index contributed by atoms with van der Waals surface area (Å²) in [5.41, 5.74) is -0.530. The molecule has 6 nitrogen and oxygen atoms in total. The Labute approximate surface area is 108 Å². The number of hydrogen-bond donors (Lipinski definition) is 1. The highest BCUT2D eigenvalue weighted by Gasteiger charge is 2.31. The smallest absolute Gasteiger partial charge is 0.410 e. The second-order valence-electron chi connectivity index (χ2n) is 5.31. The van der Waals surface area contributed by atoms with Gasteiger partial charge in [0.05, 0.1) is 19.6 Å². The average Bonchev–Trinajstić information content (AvgIpc) is 2.27. The van der Waals surface area contributed by atoms with Gasteiger partial charge in [0.1, 0.15) is 5.60 Å². The molecule has 1 atom stereocenters. The Morgan fingerprint density at radius 3 is 2.61 bits per heavy atom. The number of esters is 1. The van der Waals surface area contributed by atoms with Crippen molar-refractivity contribution in [3.63, 3.8) is 0 Å². The molecule has 1 N–H and O–H groups in total. The molecule has 1 rings (SSSR count). The fraction of sp³-hybridized carbons (Fsp3) is 0.833. The number of amides is 1. The third-order valence-corrected chi connectivity index (χ3v) is 2.61. The Morgan fingerprint density at radius 2 is 2.06 bits per heavy atom. The number of nitrogens with zero attached hydrogens (tertiary/aromatic N) is 1. The van der Waals surface area contributed by atoms with Crippen LogP contribution in [0, 0.1) is 0 Å². The van der Waals surface area contributed by atoms with Crippen LogP contribution in [-0.4, -0.2) is 55.3 Å². The third kappa shape index (κ3) is 4.52. The van der Waals surface area contributed by atoms with Crippen LogP contribution in [0.4, 0.5) is 4.79 Å². The Bertz CT molecular complexity index is 312. The third-order valence-electron chi connectivity index (χ3n) is 2.61. The molecular formula is C12H22N2O4. The van der Waals surface area contributed by atoms with Gasteiger partial charge in [0.25, 0.3) is 0 Å². The van der Waals surface area contributed by atoms with Gasteiger partial charge >= 0.3 is 12.1 Å². The summed E-state index contributed by atoms with van der Waals surface area (Å²) in [5.74, 6) is -0.322. The fourth-order valence-corrected chi connectivity index (χ4v) is 1.78. The summed E-state index contributed by atoms with van der Waals surface area (Å²) in [6, 6.07) is -0.207. The van der Waals surface area contributed by atoms with Crippen molar-refractivity contribution in [3.05, 3.63) is 0 Å². The minimum Gasteiger partial charge on any atom is -0.469 e. The molecule has 1 amide bonds. The van der Waals surface area contributed by atoms with Gasteiger partial charge in [-0.2, -0.15) is 0 Å². The van der Waals surface area contributed by atoms with Crippen molar-refractivity contribution in [1.29, 1.82) is 0 Å². The van der Waals surface area contributed by atoms with E-state index < -0.39 is 5.60 Å². The predicted molar refractivity (Wildman–Crippen MR) is 66.2 cm³/mol. The summed E-state index contributed by atoms with van der Waals surface area (Å²) in [6.45, 7) is 7.29. The summed E-state index contributed by atoms with van der Waals surface area (Å²) in [4.78, 5) is 24.9. The number of ether oxygens (including phenoxy) is 2. The van der Waals surface area contributed by atoms with Crippen LogP contribution in [0.3, 0.4) is 0 Å². The summed E-state index contributed by atoms with van der Waals surface area (Å²) in [5, 5.41) is 3.15. The SMILES string of the molecule is COC(=O)C[C@@H]1CNCCN1C(=O)OC(C)(C)C. The molecule has 1 aliphatic heterocycles. The Balaban J connectivity index is 2.64. The minimum atomic E-state index is -0.530. The lowest BCUT2D eigenvalue weighted by Crippen LogP contribution is -2.55. The van der Waals surface area contributed by atoms with Gasteiger partial charge in [-0.25, -0.2) is 4.79 Å². The van der Waals surface area contributed by atoms with Crippen molar-refractivity contribution in [2.45, 2.75) is 38.8 Å². The number of carbonyl (C=O) groups excluding carboxylic acids is 2. The van der Waals surface area contributed by atoms with Crippen molar-refractivity contribution < 1.29 is 19.1 Å². The van der Waals surface area contributed by atoms with Crippen molar-refractivity contribution in [3.8, 4) is 0 Å². The molecule has 0 aromatic carbocycles. The van der Waals surface area contributed by atoms with Gasteiger partial charge in [0.15, 0.2) is 0 Å². The minimum absolute atomic E-state index is 0.183. The molecule has 18 heavy (non-hydrogen) atoms. The number of rotatable bonds is 2. The van der Waals surface area contributed by atoms with Gasteiger partial charge < -0.3 is 19.7 Å². The molecule has 0 saturated carbocycles. The summed E-state index contributed by atoms with van der Waals surface area (Å²) < 4.78 is 9.97. The molecule has 0 radical (unpaired) electrons. The van der Waals surface area contributed by atoms with E-state index in [2.05, 4.69) is 10.1 Å². The zero-order chi connectivity index (χ0) is 13.8. The van der Waals surface area contributed by atoms with Crippen LogP contribution in [0.5, 0.6) is 0 Å². The van der Waals surface area contributed by atoms with Crippen LogP contribution in [0.25, 0.3) is 0 Å². The van der Waals surface area contributed by atoms with E-state index in [0.29, 0.717) is 19.6 Å². The topological polar surface area (TPSA) is 67.9 Å². The van der Waals surface area contributed by atoms with E-state index in [9.17, 15) is 9.59 Å². The molecule has 104 valence electrons. The maximum atomic E-state index is 12.0. The molecule has 0 aliphatic carbocycles. The highest BCUT2D eigenvalue weighted by molar-refractivity contribution is 5.73. The summed E-state index contributed by atoms with van der Waals surface area (Å²) >= 11 is 0. The molecule has 0 bridgehead atoms. The Kier molecular flexibility index (Phi) is 4.95. The quantitative estimate of drug-likeness (QED) is 0.741. The van der Waals surface area contributed by atoms with Gasteiger partial charge in [0.2, 0.25) is 0 Å². The van der Waals surface area contributed by atoms with Gasteiger partial charge in [-0.1, -0.05) is 0 Å². The highest BCUT2D eigenvalue weighted by atomic mass is 16.6. The molecule has 1 aliphatic rings. The van der Waals surface area contributed by atoms with Crippen LogP contribution < -0.4 is 5.32 Å². The number of hydrogen-bond acceptors (Lipinski definition) is 5. The van der Waals surface area contributed by atoms with E-state index in [1.165, 1.54) is 7.11 Å². The van der Waals surface area contributed by atoms with Gasteiger partial charge in [-0.3, -0.25) is 4.79 Å². The zero-order valence-corrected chi connectivity index (χ0v) is 11.5. The van der Waals surface area contributed by atoms with Crippen LogP contribution in [0.2, 0.25) is 0 Å². The monoisotopic (exact) mass is 258 g/mol. The molecule has 1 heterocycles. The molecule has 0 aromatic rings. The maximum Gasteiger partial charge on any atom is 0.410 e. The first kappa shape index (κ1) is 14.8. The predicted octanol–water partition coefficient (Wildman–Crippen LogP) is 0.758. The second-order valence-corrected chi connectivity index (χ2v) is 5.31. The fourth-order valence-electron chi connectivity index (χ4n) is 1.78. The van der Waals surface area contributed by atoms with E-state index in [4.69, 9.17) is 4.74 Å². The van der Waals surface area contributed by atoms with E-state index in [1.807, 2.05) is 20.8 Å². The lowest BCUT2D eigenvalue weighted by atomic mass is 10.1. The first-order chi connectivity index (χ1) is 8.33. The first-order valence-corrected chi connectivity index (χ1v) is 6.10. The summed E-state index contributed by atoms with van der Waals surface area (Å²) in [6.07, 6.45) is -0.194. The molecule has 0 aromatic heterocycles. The standard InChI is InChI=1S/C12H22N2O4/c1-12(2,3)18-11(16)14-6-5-13-8-9(14)7-10(15)17-4/h9,13H,5-8H2,1-4H3/t9-/m1/s1. The van der Waals surface area contributed by atoms with E-state index >= 15 is 0 Å². The molecular weight excluding hydrogens is 236 g/mol. The maximum absolute atomic E-state index is 12.0. The normalized spacial score (nSPS) is 20.4. The van der Waals surface area contributed by atoms with Gasteiger partial charge in [0, 0.05) is 19.6 Å². The van der Waals surface area contributed by atoms with Crippen molar-refractivity contribution in [1.82, 2.24) is 10.2 Å². The van der Waals surface area contributed by atoms with Crippen molar-refractivity contribution in [2.75, 3.05) is 26.7 Å². The van der Waals surface area contributed by atoms with Crippen molar-refractivity contribution >= 4 is 12.1 Å². The van der Waals surface area contributed by atoms with Crippen LogP contribution >= 0.6 is 0 Å². The molecule has 6 heteroatoms. The lowest BCUT2D eigenvalue weighted by Gasteiger charge is -2.36. The largest absolute Gasteiger partial charge is 0.469 e. The molecule has 1 saturated heterocycles. The van der Waals surface area contributed by atoms with E-state index in [-0.39, 0.29) is 24.5 Å². The molecule has 0 spiro atoms. The van der Waals surface area contributed by atoms with Gasteiger partial charge in [-0.05, 0) is 20.8 Å². The van der Waals surface area contributed by atoms with E-state index in [0.717, 1.165) is 0 Å². The van der Waals surface area contributed by atoms with E-state index in [1.54, 1.807) is 4.90 Å². The average molecular weight is 258 g/mol. The number of nitrogens with one attached hydrogen (secondary N) is 1. The molecule has 0 unspecified atom stereocenters. The number of methoxy groups -OCH3 is 1. The second kappa shape index (κ2) is 6.04. The van der Waals surface area contributed by atoms with Crippen molar-refractivity contribution in [2.24, 2.45) is 0 Å². The van der Waals surface area contributed by atoms with Crippen LogP contribution in [0.15, 0.2) is 0 Å². The Morgan fingerprint density at radius 1 is 1.39 bits per heavy atom. The highest BCUT2D eigenvalue weighted by Crippen LogP contribution is 2.15. The number of carbonyl (C=O) groups is 2. The first-order valence-electron chi connectivity index (χ1n) is 6.10.